The Morgan fingerprint density at radius 2 is 1.38 bits per heavy atom. The number of carbonyl (C=O) groups excluding carboxylic acids is 3. The van der Waals surface area contributed by atoms with E-state index in [1.54, 1.807) is 42.5 Å². The molecule has 0 fully saturated rings. The Morgan fingerprint density at radius 1 is 0.857 bits per heavy atom. The van der Waals surface area contributed by atoms with Crippen LogP contribution in [0.2, 0.25) is 0 Å². The number of para-hydroxylation sites is 1. The van der Waals surface area contributed by atoms with Crippen LogP contribution in [-0.4, -0.2) is 23.0 Å². The van der Waals surface area contributed by atoms with Crippen LogP contribution in [0.3, 0.4) is 0 Å². The summed E-state index contributed by atoms with van der Waals surface area (Å²) in [5, 5.41) is 2.89. The summed E-state index contributed by atoms with van der Waals surface area (Å²) in [4.78, 5) is 40.5. The van der Waals surface area contributed by atoms with Gasteiger partial charge in [0.25, 0.3) is 11.8 Å². The molecule has 0 aromatic heterocycles. The Labute approximate surface area is 119 Å². The number of nitrogens with zero attached hydrogens (tertiary/aromatic N) is 1. The number of amides is 3. The molecule has 6 heteroatoms. The number of carbonyl (C=O) groups is 3. The lowest BCUT2D eigenvalue weighted by molar-refractivity contribution is -0.0398. The van der Waals surface area contributed by atoms with Crippen LogP contribution in [-0.2, 0) is 4.84 Å². The normalized spacial score (nSPS) is 13.0. The Balaban J connectivity index is 1.73. The largest absolute Gasteiger partial charge is 0.436 e. The Kier molecular flexibility index (Phi) is 3.12. The molecule has 0 radical (unpaired) electrons. The fraction of sp³-hybridized carbons (Fsp3) is 0. The molecule has 1 aliphatic rings. The summed E-state index contributed by atoms with van der Waals surface area (Å²) in [6.07, 6.45) is -0.907. The molecule has 0 bridgehead atoms. The van der Waals surface area contributed by atoms with Gasteiger partial charge in [0.15, 0.2) is 0 Å². The van der Waals surface area contributed by atoms with Crippen molar-refractivity contribution in [3.63, 3.8) is 0 Å². The molecule has 1 aliphatic heterocycles. The molecule has 0 atom stereocenters. The van der Waals surface area contributed by atoms with Gasteiger partial charge in [0.2, 0.25) is 0 Å². The first-order valence-corrected chi connectivity index (χ1v) is 6.18. The number of hydrogen-bond acceptors (Lipinski definition) is 4. The van der Waals surface area contributed by atoms with E-state index in [0.717, 1.165) is 0 Å². The van der Waals surface area contributed by atoms with Crippen LogP contribution in [0.15, 0.2) is 54.6 Å². The number of anilines is 1. The standard InChI is InChI=1S/C15H10N2O4/c18-13-11-8-4-5-9-12(11)14(19)17(13)21-15(20)16-10-6-2-1-3-7-10/h1-9H,(H,16,20). The molecule has 2 aromatic carbocycles. The van der Waals surface area contributed by atoms with Gasteiger partial charge in [-0.1, -0.05) is 35.4 Å². The summed E-state index contributed by atoms with van der Waals surface area (Å²) in [5.74, 6) is -1.31. The molecule has 0 saturated heterocycles. The topological polar surface area (TPSA) is 75.7 Å². The smallest absolute Gasteiger partial charge is 0.310 e. The second-order valence-electron chi connectivity index (χ2n) is 4.32. The maximum Gasteiger partial charge on any atom is 0.436 e. The minimum atomic E-state index is -0.907. The molecular weight excluding hydrogens is 272 g/mol. The van der Waals surface area contributed by atoms with Gasteiger partial charge in [-0.05, 0) is 24.3 Å². The number of rotatable bonds is 2. The first-order valence-electron chi connectivity index (χ1n) is 6.18. The molecule has 6 nitrogen and oxygen atoms in total. The van der Waals surface area contributed by atoms with Gasteiger partial charge in [-0.3, -0.25) is 14.9 Å². The number of nitrogens with one attached hydrogen (secondary N) is 1. The van der Waals surface area contributed by atoms with Crippen LogP contribution in [0.1, 0.15) is 20.7 Å². The predicted octanol–water partition coefficient (Wildman–Crippen LogP) is 2.45. The molecule has 1 N–H and O–H groups in total. The number of hydrogen-bond donors (Lipinski definition) is 1. The monoisotopic (exact) mass is 282 g/mol. The SMILES string of the molecule is O=C(Nc1ccccc1)ON1C(=O)c2ccccc2C1=O. The van der Waals surface area contributed by atoms with Crippen LogP contribution >= 0.6 is 0 Å². The van der Waals surface area contributed by atoms with E-state index in [1.807, 2.05) is 0 Å². The third-order valence-corrected chi connectivity index (χ3v) is 2.95. The summed E-state index contributed by atoms with van der Waals surface area (Å²) in [5.41, 5.74) is 0.934. The highest BCUT2D eigenvalue weighted by molar-refractivity contribution is 6.21. The lowest BCUT2D eigenvalue weighted by Crippen LogP contribution is -2.34. The summed E-state index contributed by atoms with van der Waals surface area (Å²) in [6, 6.07) is 14.9. The zero-order chi connectivity index (χ0) is 14.8. The summed E-state index contributed by atoms with van der Waals surface area (Å²) >= 11 is 0. The number of imide groups is 1. The average Bonchev–Trinajstić information content (AvgIpc) is 2.74. The number of benzene rings is 2. The Bertz CT molecular complexity index is 692. The molecule has 0 aliphatic carbocycles. The van der Waals surface area contributed by atoms with Crippen LogP contribution in [0, 0.1) is 0 Å². The zero-order valence-corrected chi connectivity index (χ0v) is 10.8. The highest BCUT2D eigenvalue weighted by atomic mass is 16.7. The Morgan fingerprint density at radius 3 is 1.95 bits per heavy atom. The van der Waals surface area contributed by atoms with Crippen molar-refractivity contribution >= 4 is 23.6 Å². The van der Waals surface area contributed by atoms with E-state index in [1.165, 1.54) is 12.1 Å². The lowest BCUT2D eigenvalue weighted by Gasteiger charge is -2.13. The van der Waals surface area contributed by atoms with Crippen molar-refractivity contribution in [3.05, 3.63) is 65.7 Å². The van der Waals surface area contributed by atoms with Crippen molar-refractivity contribution < 1.29 is 19.2 Å². The van der Waals surface area contributed by atoms with Crippen LogP contribution in [0.4, 0.5) is 10.5 Å². The Hall–Kier alpha value is -3.15. The van der Waals surface area contributed by atoms with E-state index in [9.17, 15) is 14.4 Å². The maximum atomic E-state index is 12.0. The highest BCUT2D eigenvalue weighted by Gasteiger charge is 2.38. The summed E-state index contributed by atoms with van der Waals surface area (Å²) in [6.45, 7) is 0. The van der Waals surface area contributed by atoms with Crippen molar-refractivity contribution in [2.24, 2.45) is 0 Å². The summed E-state index contributed by atoms with van der Waals surface area (Å²) < 4.78 is 0. The van der Waals surface area contributed by atoms with Gasteiger partial charge in [0, 0.05) is 5.69 Å². The van der Waals surface area contributed by atoms with Gasteiger partial charge in [-0.15, -0.1) is 0 Å². The molecule has 3 rings (SSSR count). The molecule has 0 unspecified atom stereocenters. The quantitative estimate of drug-likeness (QED) is 0.858. The van der Waals surface area contributed by atoms with Crippen LogP contribution in [0.25, 0.3) is 0 Å². The van der Waals surface area contributed by atoms with Gasteiger partial charge >= 0.3 is 6.09 Å². The van der Waals surface area contributed by atoms with E-state index in [4.69, 9.17) is 4.84 Å². The van der Waals surface area contributed by atoms with Gasteiger partial charge in [0.05, 0.1) is 11.1 Å². The fourth-order valence-electron chi connectivity index (χ4n) is 2.00. The maximum absolute atomic E-state index is 12.0. The van der Waals surface area contributed by atoms with Gasteiger partial charge in [-0.2, -0.15) is 0 Å². The minimum Gasteiger partial charge on any atom is -0.310 e. The number of fused-ring (bicyclic) bond motifs is 1. The minimum absolute atomic E-state index is 0.218. The van der Waals surface area contributed by atoms with Crippen LogP contribution < -0.4 is 5.32 Å². The van der Waals surface area contributed by atoms with Crippen molar-refractivity contribution in [2.75, 3.05) is 5.32 Å². The van der Waals surface area contributed by atoms with E-state index in [0.29, 0.717) is 10.8 Å². The molecular formula is C15H10N2O4. The lowest BCUT2D eigenvalue weighted by atomic mass is 10.1. The fourth-order valence-corrected chi connectivity index (χ4v) is 2.00. The molecule has 3 amide bonds. The third-order valence-electron chi connectivity index (χ3n) is 2.95. The molecule has 0 spiro atoms. The van der Waals surface area contributed by atoms with Gasteiger partial charge in [0.1, 0.15) is 0 Å². The second kappa shape index (κ2) is 5.09. The summed E-state index contributed by atoms with van der Waals surface area (Å²) in [7, 11) is 0. The molecule has 21 heavy (non-hydrogen) atoms. The van der Waals surface area contributed by atoms with E-state index in [-0.39, 0.29) is 11.1 Å². The third kappa shape index (κ3) is 2.34. The van der Waals surface area contributed by atoms with Crippen molar-refractivity contribution in [1.82, 2.24) is 5.06 Å². The van der Waals surface area contributed by atoms with E-state index >= 15 is 0 Å². The van der Waals surface area contributed by atoms with E-state index < -0.39 is 17.9 Å². The zero-order valence-electron chi connectivity index (χ0n) is 10.8. The van der Waals surface area contributed by atoms with Gasteiger partial charge < -0.3 is 4.84 Å². The molecule has 1 heterocycles. The van der Waals surface area contributed by atoms with E-state index in [2.05, 4.69) is 5.32 Å². The number of hydroxylamine groups is 2. The molecule has 2 aromatic rings. The predicted molar refractivity (Wildman–Crippen MR) is 73.5 cm³/mol. The van der Waals surface area contributed by atoms with Crippen molar-refractivity contribution in [3.8, 4) is 0 Å². The van der Waals surface area contributed by atoms with Gasteiger partial charge in [-0.25, -0.2) is 4.79 Å². The molecule has 104 valence electrons. The van der Waals surface area contributed by atoms with Crippen LogP contribution in [0.5, 0.6) is 0 Å². The average molecular weight is 282 g/mol. The highest BCUT2D eigenvalue weighted by Crippen LogP contribution is 2.22. The first-order chi connectivity index (χ1) is 10.2. The molecule has 0 saturated carbocycles. The van der Waals surface area contributed by atoms with Crippen molar-refractivity contribution in [1.29, 1.82) is 0 Å². The second-order valence-corrected chi connectivity index (χ2v) is 4.32. The first kappa shape index (κ1) is 12.9. The van der Waals surface area contributed by atoms with Crippen molar-refractivity contribution in [2.45, 2.75) is 0 Å².